The fourth-order valence-corrected chi connectivity index (χ4v) is 2.13. The third kappa shape index (κ3) is 3.83. The van der Waals surface area contributed by atoms with Crippen LogP contribution in [0.1, 0.15) is 17.3 Å². The molecule has 6 heteroatoms. The lowest BCUT2D eigenvalue weighted by Crippen LogP contribution is -2.45. The zero-order valence-electron chi connectivity index (χ0n) is 10.7. The van der Waals surface area contributed by atoms with E-state index in [1.54, 1.807) is 18.2 Å². The molecule has 104 valence electrons. The second-order valence-corrected chi connectivity index (χ2v) is 4.98. The van der Waals surface area contributed by atoms with Crippen LogP contribution < -0.4 is 15.8 Å². The number of primary amides is 1. The number of benzene rings is 1. The predicted molar refractivity (Wildman–Crippen MR) is 72.7 cm³/mol. The molecule has 0 saturated carbocycles. The number of nitrogens with one attached hydrogen (secondary N) is 1. The Morgan fingerprint density at radius 3 is 3.05 bits per heavy atom. The molecule has 2 atom stereocenters. The van der Waals surface area contributed by atoms with E-state index in [9.17, 15) is 4.79 Å². The summed E-state index contributed by atoms with van der Waals surface area (Å²) in [4.78, 5) is 11.3. The summed E-state index contributed by atoms with van der Waals surface area (Å²) in [6.45, 7) is 3.89. The van der Waals surface area contributed by atoms with Gasteiger partial charge in [-0.05, 0) is 25.1 Å². The maximum absolute atomic E-state index is 11.3. The van der Waals surface area contributed by atoms with Crippen molar-refractivity contribution in [3.8, 4) is 5.75 Å². The Kier molecular flexibility index (Phi) is 4.63. The average molecular weight is 285 g/mol. The fraction of sp³-hybridized carbons (Fsp3) is 0.462. The van der Waals surface area contributed by atoms with E-state index in [0.29, 0.717) is 22.9 Å². The van der Waals surface area contributed by atoms with Crippen LogP contribution in [0.15, 0.2) is 18.2 Å². The Bertz CT molecular complexity index is 467. The van der Waals surface area contributed by atoms with Crippen molar-refractivity contribution in [1.29, 1.82) is 0 Å². The Morgan fingerprint density at radius 2 is 2.37 bits per heavy atom. The van der Waals surface area contributed by atoms with Gasteiger partial charge in [0.2, 0.25) is 0 Å². The number of nitrogens with two attached hydrogens (primary N) is 1. The van der Waals surface area contributed by atoms with Crippen molar-refractivity contribution in [2.75, 3.05) is 19.7 Å². The van der Waals surface area contributed by atoms with Gasteiger partial charge < -0.3 is 20.5 Å². The minimum absolute atomic E-state index is 0.0524. The van der Waals surface area contributed by atoms with Crippen LogP contribution in [-0.2, 0) is 4.74 Å². The first-order chi connectivity index (χ1) is 9.06. The van der Waals surface area contributed by atoms with Crippen LogP contribution >= 0.6 is 11.6 Å². The number of hydrogen-bond donors (Lipinski definition) is 2. The first-order valence-electron chi connectivity index (χ1n) is 6.14. The van der Waals surface area contributed by atoms with Gasteiger partial charge in [-0.2, -0.15) is 0 Å². The molecule has 0 aromatic heterocycles. The molecule has 5 nitrogen and oxygen atoms in total. The van der Waals surface area contributed by atoms with Crippen molar-refractivity contribution >= 4 is 17.5 Å². The molecular formula is C13H17ClN2O3. The normalized spacial score (nSPS) is 23.1. The first-order valence-corrected chi connectivity index (χ1v) is 6.52. The largest absolute Gasteiger partial charge is 0.490 e. The summed E-state index contributed by atoms with van der Waals surface area (Å²) in [5, 5.41) is 3.74. The lowest BCUT2D eigenvalue weighted by atomic mass is 10.2. The van der Waals surface area contributed by atoms with E-state index in [1.807, 2.05) is 6.92 Å². The van der Waals surface area contributed by atoms with Crippen molar-refractivity contribution in [3.05, 3.63) is 28.8 Å². The minimum atomic E-state index is -0.539. The molecule has 19 heavy (non-hydrogen) atoms. The molecule has 3 N–H and O–H groups in total. The molecule has 0 radical (unpaired) electrons. The second-order valence-electron chi connectivity index (χ2n) is 4.54. The number of rotatable bonds is 4. The van der Waals surface area contributed by atoms with Crippen molar-refractivity contribution in [2.45, 2.75) is 19.1 Å². The average Bonchev–Trinajstić information content (AvgIpc) is 2.36. The van der Waals surface area contributed by atoms with Gasteiger partial charge >= 0.3 is 0 Å². The van der Waals surface area contributed by atoms with Gasteiger partial charge in [0.25, 0.3) is 5.91 Å². The molecule has 1 aliphatic rings. The van der Waals surface area contributed by atoms with Crippen molar-refractivity contribution in [1.82, 2.24) is 5.32 Å². The zero-order chi connectivity index (χ0) is 13.8. The van der Waals surface area contributed by atoms with Gasteiger partial charge in [0, 0.05) is 18.1 Å². The van der Waals surface area contributed by atoms with Crippen molar-refractivity contribution in [2.24, 2.45) is 5.73 Å². The van der Waals surface area contributed by atoms with Gasteiger partial charge in [-0.1, -0.05) is 11.6 Å². The summed E-state index contributed by atoms with van der Waals surface area (Å²) in [5.41, 5.74) is 5.61. The van der Waals surface area contributed by atoms with Crippen molar-refractivity contribution < 1.29 is 14.3 Å². The summed E-state index contributed by atoms with van der Waals surface area (Å²) >= 11 is 5.89. The topological polar surface area (TPSA) is 73.6 Å². The molecule has 0 spiro atoms. The molecule has 0 aliphatic carbocycles. The molecule has 1 aromatic carbocycles. The maximum Gasteiger partial charge on any atom is 0.252 e. The first kappa shape index (κ1) is 14.1. The zero-order valence-corrected chi connectivity index (χ0v) is 11.4. The van der Waals surface area contributed by atoms with Crippen molar-refractivity contribution in [3.63, 3.8) is 0 Å². The van der Waals surface area contributed by atoms with E-state index >= 15 is 0 Å². The molecule has 1 amide bonds. The molecule has 2 rings (SSSR count). The summed E-state index contributed by atoms with van der Waals surface area (Å²) in [6, 6.07) is 4.75. The quantitative estimate of drug-likeness (QED) is 0.871. The van der Waals surface area contributed by atoms with Gasteiger partial charge in [-0.25, -0.2) is 0 Å². The molecule has 1 aromatic rings. The molecular weight excluding hydrogens is 268 g/mol. The summed E-state index contributed by atoms with van der Waals surface area (Å²) < 4.78 is 11.3. The summed E-state index contributed by atoms with van der Waals surface area (Å²) in [5.74, 6) is -0.149. The van der Waals surface area contributed by atoms with Crippen LogP contribution in [0.4, 0.5) is 0 Å². The fourth-order valence-electron chi connectivity index (χ4n) is 1.97. The lowest BCUT2D eigenvalue weighted by molar-refractivity contribution is -0.0471. The van der Waals surface area contributed by atoms with Crippen LogP contribution in [0, 0.1) is 0 Å². The third-order valence-electron chi connectivity index (χ3n) is 2.86. The lowest BCUT2D eigenvalue weighted by Gasteiger charge is -2.28. The Morgan fingerprint density at radius 1 is 1.58 bits per heavy atom. The van der Waals surface area contributed by atoms with Gasteiger partial charge in [0.15, 0.2) is 0 Å². The van der Waals surface area contributed by atoms with Crippen LogP contribution in [0.25, 0.3) is 0 Å². The number of carbonyl (C=O) groups excluding carboxylic acids is 1. The van der Waals surface area contributed by atoms with E-state index < -0.39 is 5.91 Å². The smallest absolute Gasteiger partial charge is 0.252 e. The van der Waals surface area contributed by atoms with Crippen LogP contribution in [-0.4, -0.2) is 37.8 Å². The Balaban J connectivity index is 2.02. The summed E-state index contributed by atoms with van der Waals surface area (Å²) in [6.07, 6.45) is 0.0979. The standard InChI is InChI=1S/C13H17ClN2O3/c1-8-5-16-6-10(19-8)7-18-12-4-9(14)2-3-11(12)13(15)17/h2-4,8,10,16H,5-7H2,1H3,(H2,15,17). The minimum Gasteiger partial charge on any atom is -0.490 e. The van der Waals surface area contributed by atoms with Gasteiger partial charge in [0.1, 0.15) is 18.5 Å². The number of carbonyl (C=O) groups is 1. The maximum atomic E-state index is 11.3. The number of halogens is 1. The third-order valence-corrected chi connectivity index (χ3v) is 3.10. The Labute approximate surface area is 117 Å². The number of morpholine rings is 1. The number of hydrogen-bond acceptors (Lipinski definition) is 4. The highest BCUT2D eigenvalue weighted by molar-refractivity contribution is 6.30. The molecule has 0 bridgehead atoms. The summed E-state index contributed by atoms with van der Waals surface area (Å²) in [7, 11) is 0. The SMILES string of the molecule is CC1CNCC(COc2cc(Cl)ccc2C(N)=O)O1. The van der Waals surface area contributed by atoms with Gasteiger partial charge in [-0.3, -0.25) is 4.79 Å². The molecule has 1 heterocycles. The predicted octanol–water partition coefficient (Wildman–Crippen LogP) is 1.19. The highest BCUT2D eigenvalue weighted by atomic mass is 35.5. The Hall–Kier alpha value is -1.30. The highest BCUT2D eigenvalue weighted by Gasteiger charge is 2.20. The van der Waals surface area contributed by atoms with E-state index in [-0.39, 0.29) is 12.2 Å². The monoisotopic (exact) mass is 284 g/mol. The van der Waals surface area contributed by atoms with E-state index in [1.165, 1.54) is 0 Å². The number of ether oxygens (including phenoxy) is 2. The number of amides is 1. The van der Waals surface area contributed by atoms with E-state index in [0.717, 1.165) is 13.1 Å². The molecule has 1 aliphatic heterocycles. The van der Waals surface area contributed by atoms with Gasteiger partial charge in [-0.15, -0.1) is 0 Å². The second kappa shape index (κ2) is 6.23. The van der Waals surface area contributed by atoms with Crippen LogP contribution in [0.5, 0.6) is 5.75 Å². The molecule has 2 unspecified atom stereocenters. The highest BCUT2D eigenvalue weighted by Crippen LogP contribution is 2.23. The van der Waals surface area contributed by atoms with E-state index in [2.05, 4.69) is 5.32 Å². The van der Waals surface area contributed by atoms with Crippen LogP contribution in [0.2, 0.25) is 5.02 Å². The van der Waals surface area contributed by atoms with Crippen LogP contribution in [0.3, 0.4) is 0 Å². The van der Waals surface area contributed by atoms with Gasteiger partial charge in [0.05, 0.1) is 11.7 Å². The van der Waals surface area contributed by atoms with E-state index in [4.69, 9.17) is 26.8 Å². The molecule has 1 fully saturated rings. The molecule has 1 saturated heterocycles.